The largest absolute Gasteiger partial charge is 0.310 e. The fourth-order valence-electron chi connectivity index (χ4n) is 2.89. The number of amides is 1. The second kappa shape index (κ2) is 7.15. The Bertz CT molecular complexity index is 882. The molecule has 1 aromatic heterocycles. The van der Waals surface area contributed by atoms with Crippen molar-refractivity contribution >= 4 is 23.4 Å². The molecule has 0 bridgehead atoms. The second-order valence-electron chi connectivity index (χ2n) is 6.01. The third-order valence-electron chi connectivity index (χ3n) is 4.04. The van der Waals surface area contributed by atoms with Crippen molar-refractivity contribution in [3.8, 4) is 5.69 Å². The lowest BCUT2D eigenvalue weighted by Gasteiger charge is -2.20. The van der Waals surface area contributed by atoms with E-state index >= 15 is 0 Å². The highest BCUT2D eigenvalue weighted by atomic mass is 32.2. The molecule has 1 amide bonds. The minimum atomic E-state index is -0.0818. The molecular weight excluding hydrogens is 330 g/mol. The van der Waals surface area contributed by atoms with E-state index in [1.54, 1.807) is 18.1 Å². The van der Waals surface area contributed by atoms with Crippen molar-refractivity contribution in [3.63, 3.8) is 0 Å². The molecule has 3 rings (SSSR count). The average molecular weight is 351 g/mol. The first kappa shape index (κ1) is 17.3. The van der Waals surface area contributed by atoms with Crippen molar-refractivity contribution in [2.75, 3.05) is 18.2 Å². The molecule has 0 saturated heterocycles. The molecule has 0 fully saturated rings. The van der Waals surface area contributed by atoms with Crippen LogP contribution in [-0.2, 0) is 0 Å². The van der Waals surface area contributed by atoms with Crippen molar-refractivity contribution in [2.45, 2.75) is 19.0 Å². The first-order chi connectivity index (χ1) is 12.0. The van der Waals surface area contributed by atoms with E-state index in [9.17, 15) is 4.79 Å². The molecule has 2 aromatic carbocycles. The lowest BCUT2D eigenvalue weighted by Crippen LogP contribution is -2.28. The van der Waals surface area contributed by atoms with Gasteiger partial charge in [-0.2, -0.15) is 0 Å². The summed E-state index contributed by atoms with van der Waals surface area (Å²) in [5.74, 6) is -0.0818. The predicted octanol–water partition coefficient (Wildman–Crippen LogP) is 4.49. The van der Waals surface area contributed by atoms with Crippen LogP contribution < -0.4 is 4.90 Å². The number of carbonyl (C=O) groups excluding carboxylic acids is 1. The minimum Gasteiger partial charge on any atom is -0.310 e. The molecule has 0 radical (unpaired) electrons. The first-order valence-electron chi connectivity index (χ1n) is 8.04. The molecule has 5 heteroatoms. The molecule has 0 spiro atoms. The zero-order chi connectivity index (χ0) is 18.0. The summed E-state index contributed by atoms with van der Waals surface area (Å²) < 4.78 is 1.91. The van der Waals surface area contributed by atoms with E-state index in [1.807, 2.05) is 67.1 Å². The number of carbonyl (C=O) groups is 1. The van der Waals surface area contributed by atoms with Gasteiger partial charge in [-0.15, -0.1) is 0 Å². The van der Waals surface area contributed by atoms with Crippen molar-refractivity contribution in [2.24, 2.45) is 0 Å². The predicted molar refractivity (Wildman–Crippen MR) is 104 cm³/mol. The van der Waals surface area contributed by atoms with Crippen LogP contribution in [0.1, 0.15) is 21.6 Å². The maximum atomic E-state index is 13.1. The molecule has 0 aliphatic heterocycles. The molecule has 1 heterocycles. The maximum Gasteiger partial charge on any atom is 0.276 e. The Balaban J connectivity index is 2.04. The van der Waals surface area contributed by atoms with Crippen LogP contribution in [-0.4, -0.2) is 28.8 Å². The van der Waals surface area contributed by atoms with E-state index < -0.39 is 0 Å². The zero-order valence-electron chi connectivity index (χ0n) is 14.9. The lowest BCUT2D eigenvalue weighted by molar-refractivity contribution is 0.0986. The molecule has 0 saturated carbocycles. The molecule has 128 valence electrons. The van der Waals surface area contributed by atoms with E-state index in [0.29, 0.717) is 5.69 Å². The number of rotatable bonds is 4. The fourth-order valence-corrected chi connectivity index (χ4v) is 3.43. The Hall–Kier alpha value is -2.53. The molecule has 0 N–H and O–H groups in total. The van der Waals surface area contributed by atoms with Crippen LogP contribution in [0.3, 0.4) is 0 Å². The van der Waals surface area contributed by atoms with Crippen LogP contribution in [0.4, 0.5) is 5.69 Å². The number of anilines is 1. The lowest BCUT2D eigenvalue weighted by atomic mass is 10.1. The molecular formula is C20H21N3OS. The Kier molecular flexibility index (Phi) is 4.95. The SMILES string of the molecule is CSc1ncc(C(=O)N(C)c2cc(C)cc(C)c2)n1-c1ccccc1. The number of aromatic nitrogens is 2. The van der Waals surface area contributed by atoms with Crippen LogP contribution in [0, 0.1) is 13.8 Å². The van der Waals surface area contributed by atoms with Crippen LogP contribution in [0.15, 0.2) is 59.9 Å². The number of nitrogens with zero attached hydrogens (tertiary/aromatic N) is 3. The number of hydrogen-bond donors (Lipinski definition) is 0. The summed E-state index contributed by atoms with van der Waals surface area (Å²) in [4.78, 5) is 19.2. The van der Waals surface area contributed by atoms with Gasteiger partial charge in [-0.25, -0.2) is 4.98 Å². The van der Waals surface area contributed by atoms with Gasteiger partial charge in [0.1, 0.15) is 5.69 Å². The monoisotopic (exact) mass is 351 g/mol. The maximum absolute atomic E-state index is 13.1. The minimum absolute atomic E-state index is 0.0818. The van der Waals surface area contributed by atoms with E-state index in [2.05, 4.69) is 11.1 Å². The first-order valence-corrected chi connectivity index (χ1v) is 9.27. The Morgan fingerprint density at radius 3 is 2.32 bits per heavy atom. The highest BCUT2D eigenvalue weighted by molar-refractivity contribution is 7.98. The van der Waals surface area contributed by atoms with Crippen molar-refractivity contribution in [3.05, 3.63) is 71.5 Å². The van der Waals surface area contributed by atoms with Gasteiger partial charge in [-0.1, -0.05) is 36.0 Å². The zero-order valence-corrected chi connectivity index (χ0v) is 15.7. The van der Waals surface area contributed by atoms with E-state index in [1.165, 1.54) is 11.8 Å². The topological polar surface area (TPSA) is 38.1 Å². The van der Waals surface area contributed by atoms with E-state index in [-0.39, 0.29) is 5.91 Å². The van der Waals surface area contributed by atoms with Gasteiger partial charge >= 0.3 is 0 Å². The van der Waals surface area contributed by atoms with Crippen LogP contribution in [0.2, 0.25) is 0 Å². The standard InChI is InChI=1S/C20H21N3OS/c1-14-10-15(2)12-17(11-14)22(3)19(24)18-13-21-20(25-4)23(18)16-8-6-5-7-9-16/h5-13H,1-4H3. The quantitative estimate of drug-likeness (QED) is 0.650. The van der Waals surface area contributed by atoms with Gasteiger partial charge in [0, 0.05) is 18.4 Å². The van der Waals surface area contributed by atoms with Gasteiger partial charge < -0.3 is 4.90 Å². The van der Waals surface area contributed by atoms with Gasteiger partial charge in [-0.05, 0) is 55.5 Å². The van der Waals surface area contributed by atoms with Gasteiger partial charge in [0.25, 0.3) is 5.91 Å². The van der Waals surface area contributed by atoms with E-state index in [0.717, 1.165) is 27.7 Å². The Morgan fingerprint density at radius 2 is 1.72 bits per heavy atom. The number of aryl methyl sites for hydroxylation is 2. The van der Waals surface area contributed by atoms with E-state index in [4.69, 9.17) is 0 Å². The van der Waals surface area contributed by atoms with Gasteiger partial charge in [0.15, 0.2) is 5.16 Å². The van der Waals surface area contributed by atoms with Crippen molar-refractivity contribution in [1.29, 1.82) is 0 Å². The summed E-state index contributed by atoms with van der Waals surface area (Å²) in [7, 11) is 1.80. The normalized spacial score (nSPS) is 10.7. The number of para-hydroxylation sites is 1. The summed E-state index contributed by atoms with van der Waals surface area (Å²) in [5.41, 5.74) is 4.64. The third-order valence-corrected chi connectivity index (χ3v) is 4.70. The molecule has 0 unspecified atom stereocenters. The van der Waals surface area contributed by atoms with Crippen LogP contribution in [0.5, 0.6) is 0 Å². The highest BCUT2D eigenvalue weighted by Crippen LogP contribution is 2.25. The molecule has 25 heavy (non-hydrogen) atoms. The average Bonchev–Trinajstić information content (AvgIpc) is 3.04. The summed E-state index contributed by atoms with van der Waals surface area (Å²) in [6.07, 6.45) is 3.62. The van der Waals surface area contributed by atoms with Crippen LogP contribution >= 0.6 is 11.8 Å². The number of benzene rings is 2. The Labute approximate surface area is 152 Å². The summed E-state index contributed by atoms with van der Waals surface area (Å²) >= 11 is 1.52. The molecule has 0 atom stereocenters. The smallest absolute Gasteiger partial charge is 0.276 e. The third kappa shape index (κ3) is 3.46. The Morgan fingerprint density at radius 1 is 1.08 bits per heavy atom. The van der Waals surface area contributed by atoms with Gasteiger partial charge in [0.2, 0.25) is 0 Å². The number of thioether (sulfide) groups is 1. The fraction of sp³-hybridized carbons (Fsp3) is 0.200. The number of imidazole rings is 1. The highest BCUT2D eigenvalue weighted by Gasteiger charge is 2.21. The molecule has 4 nitrogen and oxygen atoms in total. The summed E-state index contributed by atoms with van der Waals surface area (Å²) in [6, 6.07) is 16.0. The van der Waals surface area contributed by atoms with Crippen molar-refractivity contribution in [1.82, 2.24) is 9.55 Å². The molecule has 3 aromatic rings. The summed E-state index contributed by atoms with van der Waals surface area (Å²) in [5, 5.41) is 0.795. The number of hydrogen-bond acceptors (Lipinski definition) is 3. The van der Waals surface area contributed by atoms with Crippen molar-refractivity contribution < 1.29 is 4.79 Å². The summed E-state index contributed by atoms with van der Waals surface area (Å²) in [6.45, 7) is 4.07. The molecule has 0 aliphatic carbocycles. The second-order valence-corrected chi connectivity index (χ2v) is 6.78. The van der Waals surface area contributed by atoms with Gasteiger partial charge in [0.05, 0.1) is 6.20 Å². The van der Waals surface area contributed by atoms with Crippen LogP contribution in [0.25, 0.3) is 5.69 Å². The molecule has 0 aliphatic rings. The van der Waals surface area contributed by atoms with Gasteiger partial charge in [-0.3, -0.25) is 9.36 Å².